The van der Waals surface area contributed by atoms with Crippen LogP contribution in [0.3, 0.4) is 0 Å². The quantitative estimate of drug-likeness (QED) is 0.534. The van der Waals surface area contributed by atoms with Crippen LogP contribution in [0.5, 0.6) is 5.75 Å². The van der Waals surface area contributed by atoms with E-state index in [1.807, 2.05) is 24.3 Å². The van der Waals surface area contributed by atoms with Gasteiger partial charge < -0.3 is 9.94 Å². The third-order valence-electron chi connectivity index (χ3n) is 1.57. The molecule has 13 heavy (non-hydrogen) atoms. The van der Waals surface area contributed by atoms with Crippen molar-refractivity contribution in [2.75, 3.05) is 6.61 Å². The Bertz CT molecular complexity index is 256. The second kappa shape index (κ2) is 5.35. The fourth-order valence-corrected chi connectivity index (χ4v) is 0.950. The van der Waals surface area contributed by atoms with Gasteiger partial charge in [-0.2, -0.15) is 0 Å². The standard InChI is InChI=1S/C10H13NO2/c1-2-7-13-10-5-3-9(4-6-10)8-11-12/h2-6,11-12H,1,7-8H2. The van der Waals surface area contributed by atoms with Crippen molar-refractivity contribution in [2.45, 2.75) is 6.54 Å². The van der Waals surface area contributed by atoms with Crippen LogP contribution in [-0.4, -0.2) is 11.8 Å². The summed E-state index contributed by atoms with van der Waals surface area (Å²) in [4.78, 5) is 0. The molecule has 1 aromatic rings. The van der Waals surface area contributed by atoms with E-state index in [2.05, 4.69) is 12.1 Å². The Morgan fingerprint density at radius 1 is 1.38 bits per heavy atom. The lowest BCUT2D eigenvalue weighted by Crippen LogP contribution is -2.05. The first-order chi connectivity index (χ1) is 6.36. The van der Waals surface area contributed by atoms with Gasteiger partial charge in [-0.3, -0.25) is 0 Å². The zero-order valence-corrected chi connectivity index (χ0v) is 7.36. The second-order valence-electron chi connectivity index (χ2n) is 2.58. The normalized spacial score (nSPS) is 9.62. The van der Waals surface area contributed by atoms with Gasteiger partial charge in [-0.25, -0.2) is 5.48 Å². The number of hydroxylamine groups is 1. The average molecular weight is 179 g/mol. The molecular formula is C10H13NO2. The largest absolute Gasteiger partial charge is 0.490 e. The Morgan fingerprint density at radius 3 is 2.62 bits per heavy atom. The van der Waals surface area contributed by atoms with E-state index in [1.54, 1.807) is 6.08 Å². The topological polar surface area (TPSA) is 41.5 Å². The van der Waals surface area contributed by atoms with Crippen LogP contribution in [0.25, 0.3) is 0 Å². The molecule has 0 unspecified atom stereocenters. The van der Waals surface area contributed by atoms with Crippen molar-refractivity contribution >= 4 is 0 Å². The summed E-state index contributed by atoms with van der Waals surface area (Å²) in [6.45, 7) is 4.51. The summed E-state index contributed by atoms with van der Waals surface area (Å²) in [5.74, 6) is 0.807. The Labute approximate surface area is 77.6 Å². The minimum atomic E-state index is 0.446. The molecule has 0 fully saturated rings. The zero-order chi connectivity index (χ0) is 9.52. The molecule has 1 aromatic carbocycles. The molecule has 0 amide bonds. The molecule has 0 radical (unpaired) electrons. The minimum absolute atomic E-state index is 0.446. The third-order valence-corrected chi connectivity index (χ3v) is 1.57. The van der Waals surface area contributed by atoms with Gasteiger partial charge in [0.2, 0.25) is 0 Å². The third kappa shape index (κ3) is 3.27. The maximum absolute atomic E-state index is 8.44. The molecule has 0 saturated carbocycles. The van der Waals surface area contributed by atoms with Gasteiger partial charge in [0.25, 0.3) is 0 Å². The van der Waals surface area contributed by atoms with E-state index in [0.717, 1.165) is 11.3 Å². The van der Waals surface area contributed by atoms with Crippen molar-refractivity contribution in [1.29, 1.82) is 0 Å². The second-order valence-corrected chi connectivity index (χ2v) is 2.58. The summed E-state index contributed by atoms with van der Waals surface area (Å²) in [6.07, 6.45) is 1.70. The van der Waals surface area contributed by atoms with Crippen LogP contribution in [0.15, 0.2) is 36.9 Å². The first-order valence-electron chi connectivity index (χ1n) is 4.06. The van der Waals surface area contributed by atoms with Gasteiger partial charge in [0.15, 0.2) is 0 Å². The lowest BCUT2D eigenvalue weighted by atomic mass is 10.2. The summed E-state index contributed by atoms with van der Waals surface area (Å²) in [7, 11) is 0. The van der Waals surface area contributed by atoms with Gasteiger partial charge in [0, 0.05) is 6.54 Å². The molecule has 0 bridgehead atoms. The molecule has 3 nitrogen and oxygen atoms in total. The molecule has 70 valence electrons. The van der Waals surface area contributed by atoms with Gasteiger partial charge in [0.1, 0.15) is 12.4 Å². The highest BCUT2D eigenvalue weighted by atomic mass is 16.5. The Morgan fingerprint density at radius 2 is 2.08 bits per heavy atom. The van der Waals surface area contributed by atoms with E-state index in [9.17, 15) is 0 Å². The number of rotatable bonds is 5. The molecule has 0 aromatic heterocycles. The number of benzene rings is 1. The van der Waals surface area contributed by atoms with Crippen molar-refractivity contribution in [2.24, 2.45) is 0 Å². The fraction of sp³-hybridized carbons (Fsp3) is 0.200. The van der Waals surface area contributed by atoms with Gasteiger partial charge in [-0.15, -0.1) is 0 Å². The molecule has 3 heteroatoms. The van der Waals surface area contributed by atoms with Gasteiger partial charge >= 0.3 is 0 Å². The van der Waals surface area contributed by atoms with E-state index in [-0.39, 0.29) is 0 Å². The average Bonchev–Trinajstić information content (AvgIpc) is 2.17. The van der Waals surface area contributed by atoms with Crippen molar-refractivity contribution in [3.8, 4) is 5.75 Å². The predicted molar refractivity (Wildman–Crippen MR) is 50.8 cm³/mol. The summed E-state index contributed by atoms with van der Waals surface area (Å²) in [5, 5.41) is 8.44. The lowest BCUT2D eigenvalue weighted by Gasteiger charge is -2.03. The van der Waals surface area contributed by atoms with E-state index >= 15 is 0 Å². The molecule has 0 heterocycles. The number of hydrogen-bond donors (Lipinski definition) is 2. The highest BCUT2D eigenvalue weighted by Crippen LogP contribution is 2.11. The van der Waals surface area contributed by atoms with Crippen LogP contribution < -0.4 is 10.2 Å². The van der Waals surface area contributed by atoms with Gasteiger partial charge in [-0.1, -0.05) is 24.8 Å². The molecule has 0 atom stereocenters. The first kappa shape index (κ1) is 9.77. The maximum atomic E-state index is 8.44. The Kier molecular flexibility index (Phi) is 4.02. The minimum Gasteiger partial charge on any atom is -0.490 e. The van der Waals surface area contributed by atoms with Crippen LogP contribution in [-0.2, 0) is 6.54 Å². The number of hydrogen-bond acceptors (Lipinski definition) is 3. The molecule has 0 aliphatic carbocycles. The van der Waals surface area contributed by atoms with Crippen LogP contribution >= 0.6 is 0 Å². The lowest BCUT2D eigenvalue weighted by molar-refractivity contribution is 0.161. The smallest absolute Gasteiger partial charge is 0.119 e. The Hall–Kier alpha value is -1.32. The van der Waals surface area contributed by atoms with Crippen molar-refractivity contribution in [3.63, 3.8) is 0 Å². The highest BCUT2D eigenvalue weighted by molar-refractivity contribution is 5.27. The highest BCUT2D eigenvalue weighted by Gasteiger charge is 1.93. The van der Waals surface area contributed by atoms with Gasteiger partial charge in [-0.05, 0) is 17.7 Å². The Balaban J connectivity index is 2.53. The van der Waals surface area contributed by atoms with Crippen LogP contribution in [0.4, 0.5) is 0 Å². The number of nitrogens with one attached hydrogen (secondary N) is 1. The number of ether oxygens (including phenoxy) is 1. The van der Waals surface area contributed by atoms with Crippen molar-refractivity contribution in [3.05, 3.63) is 42.5 Å². The summed E-state index contributed by atoms with van der Waals surface area (Å²) in [6, 6.07) is 7.50. The maximum Gasteiger partial charge on any atom is 0.119 e. The van der Waals surface area contributed by atoms with Gasteiger partial charge in [0.05, 0.1) is 0 Å². The van der Waals surface area contributed by atoms with Crippen LogP contribution in [0.2, 0.25) is 0 Å². The van der Waals surface area contributed by atoms with E-state index < -0.39 is 0 Å². The molecule has 0 aliphatic heterocycles. The van der Waals surface area contributed by atoms with Crippen molar-refractivity contribution < 1.29 is 9.94 Å². The van der Waals surface area contributed by atoms with Crippen LogP contribution in [0, 0.1) is 0 Å². The summed E-state index contributed by atoms with van der Waals surface area (Å²) >= 11 is 0. The molecular weight excluding hydrogens is 166 g/mol. The molecule has 2 N–H and O–H groups in total. The molecule has 0 spiro atoms. The molecule has 0 saturated heterocycles. The zero-order valence-electron chi connectivity index (χ0n) is 7.36. The van der Waals surface area contributed by atoms with E-state index in [0.29, 0.717) is 13.2 Å². The SMILES string of the molecule is C=CCOc1ccc(CNO)cc1. The summed E-state index contributed by atoms with van der Waals surface area (Å²) in [5.41, 5.74) is 3.10. The predicted octanol–water partition coefficient (Wildman–Crippen LogP) is 1.73. The molecule has 1 rings (SSSR count). The fourth-order valence-electron chi connectivity index (χ4n) is 0.950. The van der Waals surface area contributed by atoms with E-state index in [1.165, 1.54) is 0 Å². The monoisotopic (exact) mass is 179 g/mol. The first-order valence-corrected chi connectivity index (χ1v) is 4.06. The van der Waals surface area contributed by atoms with Crippen LogP contribution in [0.1, 0.15) is 5.56 Å². The van der Waals surface area contributed by atoms with Crippen molar-refractivity contribution in [1.82, 2.24) is 5.48 Å². The summed E-state index contributed by atoms with van der Waals surface area (Å²) < 4.78 is 5.29. The molecule has 0 aliphatic rings. The van der Waals surface area contributed by atoms with E-state index in [4.69, 9.17) is 9.94 Å².